The lowest BCUT2D eigenvalue weighted by molar-refractivity contribution is -0.0542. The Morgan fingerprint density at radius 3 is 2.25 bits per heavy atom. The molecule has 118 valence electrons. The van der Waals surface area contributed by atoms with Crippen molar-refractivity contribution in [2.24, 2.45) is 7.05 Å². The van der Waals surface area contributed by atoms with Gasteiger partial charge in [0.15, 0.2) is 0 Å². The van der Waals surface area contributed by atoms with E-state index in [4.69, 9.17) is 0 Å². The quantitative estimate of drug-likeness (QED) is 0.460. The summed E-state index contributed by atoms with van der Waals surface area (Å²) >= 11 is 0. The fourth-order valence-corrected chi connectivity index (χ4v) is 1.56. The Morgan fingerprint density at radius 2 is 1.90 bits per heavy atom. The van der Waals surface area contributed by atoms with Gasteiger partial charge in [-0.1, -0.05) is 26.2 Å². The van der Waals surface area contributed by atoms with Crippen molar-refractivity contribution in [1.29, 1.82) is 0 Å². The number of unbranched alkanes of at least 4 members (excludes halogenated alkanes) is 3. The van der Waals surface area contributed by atoms with E-state index >= 15 is 0 Å². The van der Waals surface area contributed by atoms with E-state index < -0.39 is 22.2 Å². The molecule has 0 saturated carbocycles. The number of halogens is 3. The number of hydrogen-bond acceptors (Lipinski definition) is 4. The van der Waals surface area contributed by atoms with E-state index in [9.17, 15) is 21.6 Å². The number of aryl methyl sites for hydroxylation is 1. The third-order valence-corrected chi connectivity index (χ3v) is 3.20. The Hall–Kier alpha value is -1.09. The molecule has 0 aliphatic carbocycles. The molecule has 0 amide bonds. The van der Waals surface area contributed by atoms with Gasteiger partial charge >= 0.3 is 15.6 Å². The fourth-order valence-electron chi connectivity index (χ4n) is 1.09. The zero-order chi connectivity index (χ0) is 15.6. The van der Waals surface area contributed by atoms with E-state index in [0.717, 1.165) is 12.8 Å². The second kappa shape index (κ2) is 8.96. The van der Waals surface area contributed by atoms with Gasteiger partial charge in [-0.2, -0.15) is 21.6 Å². The minimum absolute atomic E-state index is 0.323. The van der Waals surface area contributed by atoms with Gasteiger partial charge in [0.2, 0.25) is 0 Å². The van der Waals surface area contributed by atoms with Crippen LogP contribution >= 0.6 is 0 Å². The molecule has 5 nitrogen and oxygen atoms in total. The minimum atomic E-state index is -5.38. The smallest absolute Gasteiger partial charge is 0.341 e. The lowest BCUT2D eigenvalue weighted by Gasteiger charge is -2.07. The molecule has 0 aromatic carbocycles. The summed E-state index contributed by atoms with van der Waals surface area (Å²) < 4.78 is 61.4. The molecule has 0 atom stereocenters. The Morgan fingerprint density at radius 1 is 1.25 bits per heavy atom. The molecular formula is C11H19F3N2O3S. The first-order valence-electron chi connectivity index (χ1n) is 6.08. The highest BCUT2D eigenvalue weighted by molar-refractivity contribution is 7.87. The van der Waals surface area contributed by atoms with Crippen LogP contribution in [0.2, 0.25) is 0 Å². The van der Waals surface area contributed by atoms with Crippen LogP contribution in [0.5, 0.6) is 0 Å². The van der Waals surface area contributed by atoms with Crippen molar-refractivity contribution in [3.63, 3.8) is 0 Å². The summed E-state index contributed by atoms with van der Waals surface area (Å²) in [5.74, 6) is 0. The molecule has 0 bridgehead atoms. The van der Waals surface area contributed by atoms with Crippen molar-refractivity contribution in [3.8, 4) is 0 Å². The summed E-state index contributed by atoms with van der Waals surface area (Å²) in [4.78, 5) is 3.78. The average molecular weight is 316 g/mol. The summed E-state index contributed by atoms with van der Waals surface area (Å²) in [5, 5.41) is 0. The maximum atomic E-state index is 11.7. The molecule has 0 unspecified atom stereocenters. The Kier molecular flexibility index (Phi) is 8.47. The van der Waals surface area contributed by atoms with Gasteiger partial charge in [0, 0.05) is 19.4 Å². The van der Waals surface area contributed by atoms with Crippen molar-refractivity contribution in [1.82, 2.24) is 9.55 Å². The van der Waals surface area contributed by atoms with Gasteiger partial charge < -0.3 is 4.57 Å². The molecular weight excluding hydrogens is 297 g/mol. The SMILES string of the molecule is CCCCCCOS(=O)(=O)C(F)(F)F.Cn1ccnc1. The molecule has 0 fully saturated rings. The Labute approximate surface area is 116 Å². The largest absolute Gasteiger partial charge is 0.523 e. The van der Waals surface area contributed by atoms with Crippen LogP contribution in [0.15, 0.2) is 18.7 Å². The lowest BCUT2D eigenvalue weighted by Crippen LogP contribution is -2.25. The number of imidazole rings is 1. The third-order valence-electron chi connectivity index (χ3n) is 2.16. The van der Waals surface area contributed by atoms with E-state index in [2.05, 4.69) is 9.17 Å². The molecule has 0 aliphatic heterocycles. The van der Waals surface area contributed by atoms with Gasteiger partial charge in [-0.25, -0.2) is 4.98 Å². The Bertz CT molecular complexity index is 444. The van der Waals surface area contributed by atoms with Crippen LogP contribution < -0.4 is 0 Å². The van der Waals surface area contributed by atoms with Gasteiger partial charge in [0.1, 0.15) is 0 Å². The van der Waals surface area contributed by atoms with Crippen LogP contribution in [0.25, 0.3) is 0 Å². The van der Waals surface area contributed by atoms with Crippen molar-refractivity contribution >= 4 is 10.1 Å². The summed E-state index contributed by atoms with van der Waals surface area (Å²) in [7, 11) is -3.45. The topological polar surface area (TPSA) is 61.2 Å². The maximum Gasteiger partial charge on any atom is 0.523 e. The highest BCUT2D eigenvalue weighted by atomic mass is 32.2. The normalized spacial score (nSPS) is 11.8. The molecule has 0 N–H and O–H groups in total. The molecule has 1 heterocycles. The predicted molar refractivity (Wildman–Crippen MR) is 68.3 cm³/mol. The predicted octanol–water partition coefficient (Wildman–Crippen LogP) is 2.85. The number of aromatic nitrogens is 2. The van der Waals surface area contributed by atoms with Gasteiger partial charge in [-0.05, 0) is 6.42 Å². The van der Waals surface area contributed by atoms with Gasteiger partial charge in [-0.3, -0.25) is 4.18 Å². The zero-order valence-electron chi connectivity index (χ0n) is 11.4. The van der Waals surface area contributed by atoms with Crippen molar-refractivity contribution < 1.29 is 25.8 Å². The number of alkyl halides is 3. The van der Waals surface area contributed by atoms with Gasteiger partial charge in [-0.15, -0.1) is 0 Å². The average Bonchev–Trinajstić information content (AvgIpc) is 2.79. The molecule has 0 radical (unpaired) electrons. The van der Waals surface area contributed by atoms with E-state index in [1.54, 1.807) is 12.5 Å². The van der Waals surface area contributed by atoms with E-state index in [-0.39, 0.29) is 0 Å². The van der Waals surface area contributed by atoms with Crippen LogP contribution in [0.3, 0.4) is 0 Å². The van der Waals surface area contributed by atoms with Crippen LogP contribution in [0.4, 0.5) is 13.2 Å². The van der Waals surface area contributed by atoms with Crippen LogP contribution in [-0.2, 0) is 21.3 Å². The lowest BCUT2D eigenvalue weighted by atomic mass is 10.2. The number of hydrogen-bond donors (Lipinski definition) is 0. The van der Waals surface area contributed by atoms with Crippen LogP contribution in [0.1, 0.15) is 32.6 Å². The number of nitrogens with zero attached hydrogens (tertiary/aromatic N) is 2. The molecule has 1 aromatic rings. The highest BCUT2D eigenvalue weighted by Crippen LogP contribution is 2.24. The summed E-state index contributed by atoms with van der Waals surface area (Å²) in [6, 6.07) is 0. The van der Waals surface area contributed by atoms with Gasteiger partial charge in [0.05, 0.1) is 12.9 Å². The highest BCUT2D eigenvalue weighted by Gasteiger charge is 2.47. The summed E-state index contributed by atoms with van der Waals surface area (Å²) in [6.07, 6.45) is 8.16. The summed E-state index contributed by atoms with van der Waals surface area (Å²) in [5.41, 5.74) is -5.31. The van der Waals surface area contributed by atoms with Crippen molar-refractivity contribution in [2.45, 2.75) is 38.1 Å². The first-order valence-corrected chi connectivity index (χ1v) is 7.49. The van der Waals surface area contributed by atoms with E-state index in [0.29, 0.717) is 12.8 Å². The van der Waals surface area contributed by atoms with E-state index in [1.807, 2.05) is 24.7 Å². The molecule has 1 aromatic heterocycles. The van der Waals surface area contributed by atoms with Crippen molar-refractivity contribution in [3.05, 3.63) is 18.7 Å². The number of rotatable bonds is 6. The molecule has 0 spiro atoms. The van der Waals surface area contributed by atoms with Crippen LogP contribution in [-0.4, -0.2) is 30.1 Å². The monoisotopic (exact) mass is 316 g/mol. The fraction of sp³-hybridized carbons (Fsp3) is 0.727. The minimum Gasteiger partial charge on any atom is -0.341 e. The Balaban J connectivity index is 0.000000493. The third kappa shape index (κ3) is 8.16. The van der Waals surface area contributed by atoms with Crippen molar-refractivity contribution in [2.75, 3.05) is 6.61 Å². The molecule has 0 aliphatic rings. The molecule has 0 saturated heterocycles. The standard InChI is InChI=1S/C7H13F3O3S.C4H6N2/c1-2-3-4-5-6-13-14(11,12)7(8,9)10;1-6-3-2-5-4-6/h2-6H2,1H3;2-4H,1H3. The zero-order valence-corrected chi connectivity index (χ0v) is 12.2. The molecule has 9 heteroatoms. The molecule has 20 heavy (non-hydrogen) atoms. The second-order valence-corrected chi connectivity index (χ2v) is 5.62. The van der Waals surface area contributed by atoms with Gasteiger partial charge in [0.25, 0.3) is 0 Å². The second-order valence-electron chi connectivity index (χ2n) is 4.01. The first kappa shape index (κ1) is 18.9. The summed E-state index contributed by atoms with van der Waals surface area (Å²) in [6.45, 7) is 1.54. The maximum absolute atomic E-state index is 11.7. The first-order chi connectivity index (χ1) is 9.20. The van der Waals surface area contributed by atoms with Crippen LogP contribution in [0, 0.1) is 0 Å². The van der Waals surface area contributed by atoms with E-state index in [1.165, 1.54) is 0 Å². The molecule has 1 rings (SSSR count).